The van der Waals surface area contributed by atoms with E-state index in [1.54, 1.807) is 29.5 Å². The molecule has 0 amide bonds. The molecule has 0 saturated heterocycles. The number of nitrogens with two attached hydrogens (primary N) is 1. The number of thiophene rings is 1. The van der Waals surface area contributed by atoms with E-state index < -0.39 is 9.84 Å². The largest absolute Gasteiger partial charge is 0.326 e. The summed E-state index contributed by atoms with van der Waals surface area (Å²) in [5, 5.41) is 2.03. The van der Waals surface area contributed by atoms with Gasteiger partial charge in [0.05, 0.1) is 10.6 Å². The summed E-state index contributed by atoms with van der Waals surface area (Å²) in [5.41, 5.74) is 6.39. The molecule has 2 aromatic rings. The van der Waals surface area contributed by atoms with Crippen molar-refractivity contribution in [3.8, 4) is 0 Å². The lowest BCUT2D eigenvalue weighted by atomic mass is 10.2. The molecular weight excluding hydrogens is 304 g/mol. The van der Waals surface area contributed by atoms with Crippen molar-refractivity contribution in [2.45, 2.75) is 18.0 Å². The van der Waals surface area contributed by atoms with Crippen molar-refractivity contribution in [1.29, 1.82) is 0 Å². The maximum atomic E-state index is 12.3. The van der Waals surface area contributed by atoms with E-state index in [1.165, 1.54) is 4.88 Å². The van der Waals surface area contributed by atoms with Crippen LogP contribution in [0.2, 0.25) is 0 Å². The minimum atomic E-state index is -3.26. The zero-order valence-corrected chi connectivity index (χ0v) is 13.7. The highest BCUT2D eigenvalue weighted by Crippen LogP contribution is 2.15. The first-order valence-corrected chi connectivity index (χ1v) is 9.27. The van der Waals surface area contributed by atoms with Gasteiger partial charge in [0, 0.05) is 24.5 Å². The number of hydrogen-bond donors (Lipinski definition) is 1. The van der Waals surface area contributed by atoms with Crippen molar-refractivity contribution in [3.63, 3.8) is 0 Å². The first kappa shape index (κ1) is 16.2. The van der Waals surface area contributed by atoms with Gasteiger partial charge in [-0.3, -0.25) is 0 Å². The summed E-state index contributed by atoms with van der Waals surface area (Å²) in [6.45, 7) is 1.63. The lowest BCUT2D eigenvalue weighted by Gasteiger charge is -2.15. The Balaban J connectivity index is 1.97. The molecule has 1 aromatic carbocycles. The van der Waals surface area contributed by atoms with E-state index in [9.17, 15) is 8.42 Å². The molecule has 0 spiro atoms. The van der Waals surface area contributed by atoms with Gasteiger partial charge in [0.15, 0.2) is 9.84 Å². The predicted octanol–water partition coefficient (Wildman–Crippen LogP) is 2.11. The molecule has 0 radical (unpaired) electrons. The van der Waals surface area contributed by atoms with Gasteiger partial charge in [-0.05, 0) is 36.2 Å². The van der Waals surface area contributed by atoms with Gasteiger partial charge >= 0.3 is 0 Å². The highest BCUT2D eigenvalue weighted by Gasteiger charge is 2.15. The van der Waals surface area contributed by atoms with Crippen LogP contribution >= 0.6 is 11.3 Å². The lowest BCUT2D eigenvalue weighted by Crippen LogP contribution is -2.25. The number of sulfone groups is 1. The third-order valence-electron chi connectivity index (χ3n) is 3.24. The van der Waals surface area contributed by atoms with Crippen molar-refractivity contribution in [2.75, 3.05) is 19.3 Å². The Morgan fingerprint density at radius 3 is 2.71 bits per heavy atom. The summed E-state index contributed by atoms with van der Waals surface area (Å²) in [6, 6.07) is 10.9. The van der Waals surface area contributed by atoms with Gasteiger partial charge in [-0.1, -0.05) is 18.2 Å². The van der Waals surface area contributed by atoms with Crippen LogP contribution in [0, 0.1) is 0 Å². The van der Waals surface area contributed by atoms with Crippen molar-refractivity contribution in [1.82, 2.24) is 4.90 Å². The van der Waals surface area contributed by atoms with E-state index in [0.717, 1.165) is 12.1 Å². The quantitative estimate of drug-likeness (QED) is 0.847. The zero-order chi connectivity index (χ0) is 15.3. The number of benzene rings is 1. The average molecular weight is 324 g/mol. The summed E-state index contributed by atoms with van der Waals surface area (Å²) in [5.74, 6) is 0.114. The van der Waals surface area contributed by atoms with E-state index in [-0.39, 0.29) is 5.75 Å². The molecule has 114 valence electrons. The monoisotopic (exact) mass is 324 g/mol. The van der Waals surface area contributed by atoms with E-state index in [2.05, 4.69) is 6.07 Å². The van der Waals surface area contributed by atoms with Crippen LogP contribution in [-0.2, 0) is 22.9 Å². The Morgan fingerprint density at radius 2 is 2.05 bits per heavy atom. The predicted molar refractivity (Wildman–Crippen MR) is 87.0 cm³/mol. The summed E-state index contributed by atoms with van der Waals surface area (Å²) in [7, 11) is -1.32. The Hall–Kier alpha value is -1.21. The molecular formula is C15H20N2O2S2. The highest BCUT2D eigenvalue weighted by atomic mass is 32.2. The molecule has 2 N–H and O–H groups in total. The van der Waals surface area contributed by atoms with Crippen LogP contribution in [0.1, 0.15) is 10.4 Å². The molecule has 0 saturated carbocycles. The first-order valence-electron chi connectivity index (χ1n) is 6.74. The van der Waals surface area contributed by atoms with Crippen LogP contribution in [0.4, 0.5) is 0 Å². The second-order valence-corrected chi connectivity index (χ2v) is 8.13. The SMILES string of the molecule is CN(CCS(=O)(=O)c1cccc(CN)c1)Cc1cccs1. The molecule has 6 heteroatoms. The van der Waals surface area contributed by atoms with Crippen LogP contribution in [0.15, 0.2) is 46.7 Å². The summed E-state index contributed by atoms with van der Waals surface area (Å²) in [4.78, 5) is 3.62. The van der Waals surface area contributed by atoms with E-state index in [1.807, 2.05) is 29.5 Å². The lowest BCUT2D eigenvalue weighted by molar-refractivity contribution is 0.349. The van der Waals surface area contributed by atoms with Crippen molar-refractivity contribution >= 4 is 21.2 Å². The Morgan fingerprint density at radius 1 is 1.24 bits per heavy atom. The van der Waals surface area contributed by atoms with Crippen LogP contribution in [0.3, 0.4) is 0 Å². The van der Waals surface area contributed by atoms with Gasteiger partial charge in [0.25, 0.3) is 0 Å². The molecule has 0 bridgehead atoms. The molecule has 0 fully saturated rings. The maximum absolute atomic E-state index is 12.3. The Bertz CT molecular complexity index is 667. The fourth-order valence-electron chi connectivity index (χ4n) is 2.01. The van der Waals surface area contributed by atoms with Crippen LogP contribution in [0.5, 0.6) is 0 Å². The van der Waals surface area contributed by atoms with Gasteiger partial charge in [-0.25, -0.2) is 8.42 Å². The Kier molecular flexibility index (Phi) is 5.52. The molecule has 0 aliphatic heterocycles. The standard InChI is InChI=1S/C15H20N2O2S2/c1-17(12-14-5-3-8-20-14)7-9-21(18,19)15-6-2-4-13(10-15)11-16/h2-6,8,10H,7,9,11-12,16H2,1H3. The van der Waals surface area contributed by atoms with Crippen LogP contribution < -0.4 is 5.73 Å². The van der Waals surface area contributed by atoms with Gasteiger partial charge in [0.2, 0.25) is 0 Å². The molecule has 0 aliphatic rings. The normalized spacial score (nSPS) is 12.0. The highest BCUT2D eigenvalue weighted by molar-refractivity contribution is 7.91. The second kappa shape index (κ2) is 7.17. The van der Waals surface area contributed by atoms with Crippen LogP contribution in [-0.4, -0.2) is 32.7 Å². The summed E-state index contributed by atoms with van der Waals surface area (Å²) >= 11 is 1.68. The topological polar surface area (TPSA) is 63.4 Å². The van der Waals surface area contributed by atoms with Gasteiger partial charge in [-0.15, -0.1) is 11.3 Å². The van der Waals surface area contributed by atoms with E-state index in [0.29, 0.717) is 18.0 Å². The summed E-state index contributed by atoms with van der Waals surface area (Å²) in [6.07, 6.45) is 0. The van der Waals surface area contributed by atoms with E-state index in [4.69, 9.17) is 5.73 Å². The number of rotatable bonds is 7. The fraction of sp³-hybridized carbons (Fsp3) is 0.333. The van der Waals surface area contributed by atoms with Crippen molar-refractivity contribution in [2.24, 2.45) is 5.73 Å². The van der Waals surface area contributed by atoms with Crippen molar-refractivity contribution in [3.05, 3.63) is 52.2 Å². The first-order chi connectivity index (χ1) is 10.0. The molecule has 21 heavy (non-hydrogen) atoms. The Labute approximate surface area is 130 Å². The smallest absolute Gasteiger partial charge is 0.179 e. The second-order valence-electron chi connectivity index (χ2n) is 4.99. The fourth-order valence-corrected chi connectivity index (χ4v) is 4.20. The van der Waals surface area contributed by atoms with E-state index >= 15 is 0 Å². The molecule has 1 heterocycles. The van der Waals surface area contributed by atoms with Crippen molar-refractivity contribution < 1.29 is 8.42 Å². The molecule has 1 aromatic heterocycles. The third-order valence-corrected chi connectivity index (χ3v) is 5.79. The molecule has 0 unspecified atom stereocenters. The minimum Gasteiger partial charge on any atom is -0.326 e. The van der Waals surface area contributed by atoms with Gasteiger partial charge in [-0.2, -0.15) is 0 Å². The maximum Gasteiger partial charge on any atom is 0.179 e. The third kappa shape index (κ3) is 4.64. The number of hydrogen-bond acceptors (Lipinski definition) is 5. The number of nitrogens with zero attached hydrogens (tertiary/aromatic N) is 1. The minimum absolute atomic E-state index is 0.114. The zero-order valence-electron chi connectivity index (χ0n) is 12.0. The molecule has 0 aliphatic carbocycles. The molecule has 2 rings (SSSR count). The summed E-state index contributed by atoms with van der Waals surface area (Å²) < 4.78 is 24.7. The average Bonchev–Trinajstić information content (AvgIpc) is 2.98. The van der Waals surface area contributed by atoms with Gasteiger partial charge in [0.1, 0.15) is 0 Å². The molecule has 4 nitrogen and oxygen atoms in total. The van der Waals surface area contributed by atoms with Crippen LogP contribution in [0.25, 0.3) is 0 Å². The molecule has 0 atom stereocenters. The van der Waals surface area contributed by atoms with Gasteiger partial charge < -0.3 is 10.6 Å².